The first-order valence-electron chi connectivity index (χ1n) is 4.94. The summed E-state index contributed by atoms with van der Waals surface area (Å²) in [4.78, 5) is 0. The lowest BCUT2D eigenvalue weighted by atomic mass is 10.2. The Hall–Kier alpha value is -0.630. The van der Waals surface area contributed by atoms with E-state index in [1.807, 2.05) is 18.2 Å². The van der Waals surface area contributed by atoms with Gasteiger partial charge in [0, 0.05) is 24.4 Å². The Labute approximate surface area is 109 Å². The summed E-state index contributed by atoms with van der Waals surface area (Å²) in [6.07, 6.45) is 5.14. The van der Waals surface area contributed by atoms with E-state index in [1.165, 1.54) is 0 Å². The molecule has 0 saturated carbocycles. The number of nitrogens with one attached hydrogen (secondary N) is 1. The number of phenols is 1. The molecule has 0 heterocycles. The number of benzene rings is 1. The van der Waals surface area contributed by atoms with Gasteiger partial charge in [0.1, 0.15) is 5.75 Å². The summed E-state index contributed by atoms with van der Waals surface area (Å²) in [6, 6.07) is 5.64. The lowest BCUT2D eigenvalue weighted by molar-refractivity contribution is 0.462. The fourth-order valence-corrected chi connectivity index (χ4v) is 2.16. The maximum Gasteiger partial charge on any atom is 0.134 e. The highest BCUT2D eigenvalue weighted by atomic mass is 79.9. The standard InChI is InChI=1S/C12H14BrNOS/c1-2-7-16-8-6-14-9-10-4-3-5-11(13)12(10)15/h1,3-5,14-15H,6-9H2. The summed E-state index contributed by atoms with van der Waals surface area (Å²) < 4.78 is 0.730. The van der Waals surface area contributed by atoms with Crippen molar-refractivity contribution in [2.75, 3.05) is 18.1 Å². The van der Waals surface area contributed by atoms with Crippen molar-refractivity contribution < 1.29 is 5.11 Å². The Morgan fingerprint density at radius 2 is 2.31 bits per heavy atom. The zero-order valence-corrected chi connectivity index (χ0v) is 11.3. The molecular weight excluding hydrogens is 286 g/mol. The normalized spacial score (nSPS) is 10.0. The monoisotopic (exact) mass is 299 g/mol. The van der Waals surface area contributed by atoms with E-state index >= 15 is 0 Å². The van der Waals surface area contributed by atoms with Crippen LogP contribution in [0.2, 0.25) is 0 Å². The molecule has 1 aromatic rings. The molecule has 0 radical (unpaired) electrons. The molecule has 0 unspecified atom stereocenters. The Bertz CT molecular complexity index is 376. The van der Waals surface area contributed by atoms with E-state index < -0.39 is 0 Å². The molecule has 0 spiro atoms. The predicted molar refractivity (Wildman–Crippen MR) is 73.7 cm³/mol. The highest BCUT2D eigenvalue weighted by Crippen LogP contribution is 2.27. The molecule has 86 valence electrons. The van der Waals surface area contributed by atoms with Gasteiger partial charge in [0.25, 0.3) is 0 Å². The third-order valence-electron chi connectivity index (χ3n) is 1.99. The Morgan fingerprint density at radius 3 is 3.06 bits per heavy atom. The van der Waals surface area contributed by atoms with Gasteiger partial charge in [0.15, 0.2) is 0 Å². The average molecular weight is 300 g/mol. The second kappa shape index (κ2) is 7.61. The van der Waals surface area contributed by atoms with Crippen LogP contribution in [0.5, 0.6) is 5.75 Å². The smallest absolute Gasteiger partial charge is 0.134 e. The minimum atomic E-state index is 0.311. The second-order valence-electron chi connectivity index (χ2n) is 3.18. The van der Waals surface area contributed by atoms with Crippen LogP contribution < -0.4 is 5.32 Å². The van der Waals surface area contributed by atoms with Crippen molar-refractivity contribution in [3.05, 3.63) is 28.2 Å². The van der Waals surface area contributed by atoms with E-state index in [9.17, 15) is 5.11 Å². The summed E-state index contributed by atoms with van der Waals surface area (Å²) in [5.41, 5.74) is 0.899. The van der Waals surface area contributed by atoms with Gasteiger partial charge in [-0.05, 0) is 22.0 Å². The van der Waals surface area contributed by atoms with Gasteiger partial charge in [0.05, 0.1) is 10.2 Å². The van der Waals surface area contributed by atoms with Crippen molar-refractivity contribution in [1.29, 1.82) is 0 Å². The number of para-hydroxylation sites is 1. The fourth-order valence-electron chi connectivity index (χ4n) is 1.20. The van der Waals surface area contributed by atoms with Gasteiger partial charge in [0.2, 0.25) is 0 Å². The van der Waals surface area contributed by atoms with Gasteiger partial charge in [-0.1, -0.05) is 18.1 Å². The number of halogens is 1. The third kappa shape index (κ3) is 4.48. The number of phenolic OH excluding ortho intramolecular Hbond substituents is 1. The van der Waals surface area contributed by atoms with E-state index in [2.05, 4.69) is 27.2 Å². The fraction of sp³-hybridized carbons (Fsp3) is 0.333. The number of rotatable bonds is 6. The molecule has 0 aliphatic heterocycles. The van der Waals surface area contributed by atoms with Crippen molar-refractivity contribution in [2.45, 2.75) is 6.54 Å². The van der Waals surface area contributed by atoms with Crippen molar-refractivity contribution in [3.8, 4) is 18.1 Å². The number of hydrogen-bond donors (Lipinski definition) is 2. The molecule has 4 heteroatoms. The maximum atomic E-state index is 9.72. The molecule has 1 aromatic carbocycles. The van der Waals surface area contributed by atoms with E-state index in [1.54, 1.807) is 11.8 Å². The summed E-state index contributed by atoms with van der Waals surface area (Å²) in [6.45, 7) is 1.56. The summed E-state index contributed by atoms with van der Waals surface area (Å²) in [7, 11) is 0. The molecule has 0 aliphatic carbocycles. The molecule has 0 saturated heterocycles. The maximum absolute atomic E-state index is 9.72. The number of terminal acetylenes is 1. The van der Waals surface area contributed by atoms with Crippen LogP contribution in [0.3, 0.4) is 0 Å². The second-order valence-corrected chi connectivity index (χ2v) is 5.14. The van der Waals surface area contributed by atoms with Gasteiger partial charge < -0.3 is 10.4 Å². The molecule has 0 atom stereocenters. The van der Waals surface area contributed by atoms with Gasteiger partial charge in [-0.15, -0.1) is 18.2 Å². The third-order valence-corrected chi connectivity index (χ3v) is 3.50. The van der Waals surface area contributed by atoms with Crippen LogP contribution in [-0.2, 0) is 6.54 Å². The van der Waals surface area contributed by atoms with Gasteiger partial charge in [-0.25, -0.2) is 0 Å². The zero-order valence-electron chi connectivity index (χ0n) is 8.87. The first-order chi connectivity index (χ1) is 7.75. The molecule has 0 aromatic heterocycles. The van der Waals surface area contributed by atoms with Crippen molar-refractivity contribution >= 4 is 27.7 Å². The summed E-state index contributed by atoms with van der Waals surface area (Å²) in [5, 5.41) is 13.0. The number of hydrogen-bond acceptors (Lipinski definition) is 3. The minimum absolute atomic E-state index is 0.311. The lowest BCUT2D eigenvalue weighted by Gasteiger charge is -2.07. The highest BCUT2D eigenvalue weighted by Gasteiger charge is 2.03. The SMILES string of the molecule is C#CCSCCNCc1cccc(Br)c1O. The molecule has 0 aliphatic rings. The Morgan fingerprint density at radius 1 is 1.50 bits per heavy atom. The minimum Gasteiger partial charge on any atom is -0.506 e. The number of aromatic hydroxyl groups is 1. The zero-order chi connectivity index (χ0) is 11.8. The van der Waals surface area contributed by atoms with Crippen LogP contribution in [0.1, 0.15) is 5.56 Å². The predicted octanol–water partition coefficient (Wildman–Crippen LogP) is 2.61. The summed E-state index contributed by atoms with van der Waals surface area (Å²) >= 11 is 5.01. The Kier molecular flexibility index (Phi) is 6.39. The molecule has 2 N–H and O–H groups in total. The molecule has 0 bridgehead atoms. The van der Waals surface area contributed by atoms with E-state index in [0.29, 0.717) is 12.3 Å². The van der Waals surface area contributed by atoms with Crippen LogP contribution in [-0.4, -0.2) is 23.2 Å². The number of thioether (sulfide) groups is 1. The van der Waals surface area contributed by atoms with Gasteiger partial charge >= 0.3 is 0 Å². The van der Waals surface area contributed by atoms with Crippen LogP contribution in [0.25, 0.3) is 0 Å². The largest absolute Gasteiger partial charge is 0.506 e. The van der Waals surface area contributed by atoms with Crippen LogP contribution in [0.4, 0.5) is 0 Å². The average Bonchev–Trinajstić information content (AvgIpc) is 2.29. The molecule has 1 rings (SSSR count). The quantitative estimate of drug-likeness (QED) is 0.626. The molecule has 16 heavy (non-hydrogen) atoms. The highest BCUT2D eigenvalue weighted by molar-refractivity contribution is 9.10. The Balaban J connectivity index is 2.27. The first-order valence-corrected chi connectivity index (χ1v) is 6.88. The van der Waals surface area contributed by atoms with E-state index in [-0.39, 0.29) is 0 Å². The van der Waals surface area contributed by atoms with Crippen LogP contribution in [0, 0.1) is 12.3 Å². The molecule has 0 amide bonds. The van der Waals surface area contributed by atoms with Gasteiger partial charge in [-0.2, -0.15) is 0 Å². The van der Waals surface area contributed by atoms with E-state index in [4.69, 9.17) is 6.42 Å². The van der Waals surface area contributed by atoms with Crippen molar-refractivity contribution in [1.82, 2.24) is 5.32 Å². The van der Waals surface area contributed by atoms with Crippen LogP contribution >= 0.6 is 27.7 Å². The van der Waals surface area contributed by atoms with Crippen molar-refractivity contribution in [2.24, 2.45) is 0 Å². The van der Waals surface area contributed by atoms with Crippen LogP contribution in [0.15, 0.2) is 22.7 Å². The van der Waals surface area contributed by atoms with Crippen molar-refractivity contribution in [3.63, 3.8) is 0 Å². The first kappa shape index (κ1) is 13.4. The lowest BCUT2D eigenvalue weighted by Crippen LogP contribution is -2.16. The van der Waals surface area contributed by atoms with E-state index in [0.717, 1.165) is 28.1 Å². The summed E-state index contributed by atoms with van der Waals surface area (Å²) in [5.74, 6) is 4.63. The molecule has 2 nitrogen and oxygen atoms in total. The van der Waals surface area contributed by atoms with Gasteiger partial charge in [-0.3, -0.25) is 0 Å². The molecular formula is C12H14BrNOS. The topological polar surface area (TPSA) is 32.3 Å². The molecule has 0 fully saturated rings.